The fourth-order valence-corrected chi connectivity index (χ4v) is 4.13. The van der Waals surface area contributed by atoms with Crippen LogP contribution in [-0.4, -0.2) is 62.7 Å². The highest BCUT2D eigenvalue weighted by Crippen LogP contribution is 2.35. The first kappa shape index (κ1) is 15.3. The lowest BCUT2D eigenvalue weighted by atomic mass is 9.74. The molecule has 2 saturated heterocycles. The van der Waals surface area contributed by atoms with E-state index in [0.29, 0.717) is 5.41 Å². The topological polar surface area (TPSA) is 18.5 Å². The smallest absolute Gasteiger partial charge is 0.0220 e. The summed E-state index contributed by atoms with van der Waals surface area (Å²) < 4.78 is 0. The molecule has 0 spiro atoms. The minimum atomic E-state index is 0.588. The van der Waals surface area contributed by atoms with Gasteiger partial charge in [-0.05, 0) is 71.2 Å². The summed E-state index contributed by atoms with van der Waals surface area (Å²) in [6.07, 6.45) is 8.23. The third-order valence-corrected chi connectivity index (χ3v) is 5.25. The molecule has 3 heteroatoms. The van der Waals surface area contributed by atoms with Crippen molar-refractivity contribution in [2.45, 2.75) is 51.5 Å². The fourth-order valence-electron chi connectivity index (χ4n) is 4.13. The lowest BCUT2D eigenvalue weighted by Crippen LogP contribution is -2.50. The largest absolute Gasteiger partial charge is 0.317 e. The molecule has 0 aromatic carbocycles. The number of likely N-dealkylation sites (tertiary alicyclic amines) is 1. The summed E-state index contributed by atoms with van der Waals surface area (Å²) >= 11 is 0. The van der Waals surface area contributed by atoms with Gasteiger partial charge < -0.3 is 15.1 Å². The Hall–Kier alpha value is -0.120. The predicted octanol–water partition coefficient (Wildman–Crippen LogP) is 2.18. The number of piperidine rings is 2. The zero-order chi connectivity index (χ0) is 13.7. The van der Waals surface area contributed by atoms with Crippen molar-refractivity contribution >= 4 is 0 Å². The van der Waals surface area contributed by atoms with Crippen LogP contribution in [-0.2, 0) is 0 Å². The predicted molar refractivity (Wildman–Crippen MR) is 82.6 cm³/mol. The number of rotatable bonds is 5. The van der Waals surface area contributed by atoms with Crippen LogP contribution in [0.1, 0.15) is 45.4 Å². The van der Waals surface area contributed by atoms with Crippen molar-refractivity contribution in [3.8, 4) is 0 Å². The molecular weight excluding hydrogens is 234 g/mol. The van der Waals surface area contributed by atoms with Crippen LogP contribution in [0.15, 0.2) is 0 Å². The molecule has 0 aromatic heterocycles. The van der Waals surface area contributed by atoms with Crippen LogP contribution in [0.5, 0.6) is 0 Å². The van der Waals surface area contributed by atoms with Gasteiger partial charge in [0.15, 0.2) is 0 Å². The van der Waals surface area contributed by atoms with E-state index in [4.69, 9.17) is 0 Å². The van der Waals surface area contributed by atoms with Crippen molar-refractivity contribution in [1.82, 2.24) is 15.1 Å². The summed E-state index contributed by atoms with van der Waals surface area (Å²) in [4.78, 5) is 5.18. The van der Waals surface area contributed by atoms with Crippen LogP contribution in [0, 0.1) is 5.41 Å². The first-order chi connectivity index (χ1) is 9.15. The van der Waals surface area contributed by atoms with Crippen molar-refractivity contribution in [2.24, 2.45) is 5.41 Å². The van der Waals surface area contributed by atoms with Gasteiger partial charge in [-0.25, -0.2) is 0 Å². The molecule has 3 nitrogen and oxygen atoms in total. The molecule has 0 saturated carbocycles. The van der Waals surface area contributed by atoms with Crippen LogP contribution in [0.3, 0.4) is 0 Å². The Morgan fingerprint density at radius 3 is 2.68 bits per heavy atom. The zero-order valence-corrected chi connectivity index (χ0v) is 13.2. The molecule has 0 aromatic rings. The third kappa shape index (κ3) is 4.17. The van der Waals surface area contributed by atoms with Gasteiger partial charge in [0.25, 0.3) is 0 Å². The Balaban J connectivity index is 1.92. The Bertz CT molecular complexity index is 255. The van der Waals surface area contributed by atoms with Gasteiger partial charge in [0.05, 0.1) is 0 Å². The Labute approximate surface area is 119 Å². The van der Waals surface area contributed by atoms with E-state index >= 15 is 0 Å². The molecule has 2 heterocycles. The number of nitrogens with zero attached hydrogens (tertiary/aromatic N) is 2. The summed E-state index contributed by atoms with van der Waals surface area (Å²) in [5.41, 5.74) is 0.588. The van der Waals surface area contributed by atoms with Crippen LogP contribution >= 0.6 is 0 Å². The first-order valence-electron chi connectivity index (χ1n) is 8.25. The number of likely N-dealkylation sites (N-methyl/N-ethyl adjacent to an activating group) is 2. The van der Waals surface area contributed by atoms with Gasteiger partial charge in [0, 0.05) is 19.1 Å². The van der Waals surface area contributed by atoms with E-state index in [1.807, 2.05) is 0 Å². The summed E-state index contributed by atoms with van der Waals surface area (Å²) in [6.45, 7) is 8.64. The molecule has 2 aliphatic heterocycles. The van der Waals surface area contributed by atoms with Crippen molar-refractivity contribution in [2.75, 3.05) is 46.8 Å². The first-order valence-corrected chi connectivity index (χ1v) is 8.25. The van der Waals surface area contributed by atoms with Gasteiger partial charge in [-0.3, -0.25) is 0 Å². The number of nitrogens with one attached hydrogen (secondary N) is 1. The van der Waals surface area contributed by atoms with E-state index in [-0.39, 0.29) is 0 Å². The maximum atomic E-state index is 3.53. The molecule has 2 rings (SSSR count). The number of hydrogen-bond acceptors (Lipinski definition) is 3. The van der Waals surface area contributed by atoms with Crippen molar-refractivity contribution < 1.29 is 0 Å². The van der Waals surface area contributed by atoms with Crippen molar-refractivity contribution in [1.29, 1.82) is 0 Å². The lowest BCUT2D eigenvalue weighted by Gasteiger charge is -2.44. The second-order valence-corrected chi connectivity index (χ2v) is 6.97. The van der Waals surface area contributed by atoms with Crippen LogP contribution in [0.4, 0.5) is 0 Å². The molecule has 1 unspecified atom stereocenters. The molecular formula is C16H33N3. The van der Waals surface area contributed by atoms with E-state index in [1.54, 1.807) is 0 Å². The number of hydrogen-bond donors (Lipinski definition) is 1. The summed E-state index contributed by atoms with van der Waals surface area (Å²) in [5, 5.41) is 3.53. The van der Waals surface area contributed by atoms with Gasteiger partial charge in [-0.15, -0.1) is 0 Å². The van der Waals surface area contributed by atoms with Crippen LogP contribution < -0.4 is 5.32 Å². The Kier molecular flexibility index (Phi) is 5.67. The van der Waals surface area contributed by atoms with Crippen LogP contribution in [0.2, 0.25) is 0 Å². The highest BCUT2D eigenvalue weighted by Gasteiger charge is 2.34. The average molecular weight is 267 g/mol. The van der Waals surface area contributed by atoms with Crippen LogP contribution in [0.25, 0.3) is 0 Å². The van der Waals surface area contributed by atoms with E-state index in [1.165, 1.54) is 71.2 Å². The maximum absolute atomic E-state index is 3.53. The van der Waals surface area contributed by atoms with Gasteiger partial charge >= 0.3 is 0 Å². The second kappa shape index (κ2) is 7.05. The second-order valence-electron chi connectivity index (χ2n) is 6.97. The highest BCUT2D eigenvalue weighted by molar-refractivity contribution is 4.89. The monoisotopic (exact) mass is 267 g/mol. The van der Waals surface area contributed by atoms with Gasteiger partial charge in [0.2, 0.25) is 0 Å². The summed E-state index contributed by atoms with van der Waals surface area (Å²) in [6, 6.07) is 0.780. The molecule has 19 heavy (non-hydrogen) atoms. The average Bonchev–Trinajstić information content (AvgIpc) is 2.40. The van der Waals surface area contributed by atoms with Gasteiger partial charge in [0.1, 0.15) is 0 Å². The molecule has 1 N–H and O–H groups in total. The quantitative estimate of drug-likeness (QED) is 0.824. The minimum absolute atomic E-state index is 0.588. The summed E-state index contributed by atoms with van der Waals surface area (Å²) in [5.74, 6) is 0. The minimum Gasteiger partial charge on any atom is -0.317 e. The normalized spacial score (nSPS) is 28.7. The molecule has 0 amide bonds. The lowest BCUT2D eigenvalue weighted by molar-refractivity contribution is 0.0623. The van der Waals surface area contributed by atoms with Gasteiger partial charge in [-0.1, -0.05) is 13.3 Å². The molecule has 0 radical (unpaired) electrons. The highest BCUT2D eigenvalue weighted by atomic mass is 15.2. The van der Waals surface area contributed by atoms with Crippen molar-refractivity contribution in [3.05, 3.63) is 0 Å². The Morgan fingerprint density at radius 1 is 1.32 bits per heavy atom. The fraction of sp³-hybridized carbons (Fsp3) is 1.00. The van der Waals surface area contributed by atoms with E-state index in [9.17, 15) is 0 Å². The zero-order valence-electron chi connectivity index (χ0n) is 13.2. The molecule has 1 atom stereocenters. The molecule has 0 bridgehead atoms. The Morgan fingerprint density at radius 2 is 2.05 bits per heavy atom. The van der Waals surface area contributed by atoms with Gasteiger partial charge in [-0.2, -0.15) is 0 Å². The molecule has 2 fully saturated rings. The maximum Gasteiger partial charge on any atom is 0.0220 e. The molecule has 2 aliphatic rings. The third-order valence-electron chi connectivity index (χ3n) is 5.25. The SMILES string of the molecule is CCCC1(CN(C)C2CCCN(C)C2)CCNCC1. The van der Waals surface area contributed by atoms with E-state index < -0.39 is 0 Å². The summed E-state index contributed by atoms with van der Waals surface area (Å²) in [7, 11) is 4.63. The molecule has 112 valence electrons. The van der Waals surface area contributed by atoms with Crippen molar-refractivity contribution in [3.63, 3.8) is 0 Å². The standard InChI is InChI=1S/C16H33N3/c1-4-7-16(8-10-17-11-9-16)14-19(3)15-6-5-12-18(2)13-15/h15,17H,4-14H2,1-3H3. The van der Waals surface area contributed by atoms with E-state index in [0.717, 1.165) is 6.04 Å². The molecule has 0 aliphatic carbocycles. The van der Waals surface area contributed by atoms with E-state index in [2.05, 4.69) is 36.1 Å².